The molecule has 2 nitrogen and oxygen atoms in total. The predicted molar refractivity (Wildman–Crippen MR) is 68.9 cm³/mol. The fraction of sp³-hybridized carbons (Fsp3) is 0.333. The van der Waals surface area contributed by atoms with E-state index in [1.54, 1.807) is 0 Å². The van der Waals surface area contributed by atoms with Gasteiger partial charge in [-0.05, 0) is 48.9 Å². The Hall–Kier alpha value is -1.70. The monoisotopic (exact) mass is 224 g/mol. The number of hydrogen-bond acceptors (Lipinski definition) is 2. The van der Waals surface area contributed by atoms with Crippen molar-refractivity contribution in [2.24, 2.45) is 0 Å². The summed E-state index contributed by atoms with van der Waals surface area (Å²) in [5, 5.41) is 0. The van der Waals surface area contributed by atoms with Gasteiger partial charge in [0.1, 0.15) is 0 Å². The lowest BCUT2D eigenvalue weighted by atomic mass is 9.97. The molecule has 2 aromatic rings. The van der Waals surface area contributed by atoms with Gasteiger partial charge in [-0.15, -0.1) is 0 Å². The van der Waals surface area contributed by atoms with Gasteiger partial charge in [-0.3, -0.25) is 0 Å². The van der Waals surface area contributed by atoms with E-state index in [-0.39, 0.29) is 0 Å². The maximum absolute atomic E-state index is 4.61. The Morgan fingerprint density at radius 3 is 3.00 bits per heavy atom. The molecule has 3 rings (SSSR count). The molecule has 4 bridgehead atoms. The van der Waals surface area contributed by atoms with Crippen molar-refractivity contribution in [3.05, 3.63) is 47.3 Å². The first kappa shape index (κ1) is 10.5. The molecule has 1 aromatic heterocycles. The van der Waals surface area contributed by atoms with Crippen molar-refractivity contribution in [3.8, 4) is 11.4 Å². The summed E-state index contributed by atoms with van der Waals surface area (Å²) in [4.78, 5) is 8.98. The fourth-order valence-corrected chi connectivity index (χ4v) is 2.48. The average Bonchev–Trinajstić information content (AvgIpc) is 2.42. The quantitative estimate of drug-likeness (QED) is 0.743. The second-order valence-electron chi connectivity index (χ2n) is 4.56. The molecular formula is C15H16N2. The van der Waals surface area contributed by atoms with Gasteiger partial charge in [0.2, 0.25) is 0 Å². The molecule has 0 fully saturated rings. The highest BCUT2D eigenvalue weighted by atomic mass is 14.9. The Bertz CT molecular complexity index is 546. The number of aromatic nitrogens is 2. The van der Waals surface area contributed by atoms with Crippen molar-refractivity contribution >= 4 is 0 Å². The van der Waals surface area contributed by atoms with Crippen LogP contribution in [-0.4, -0.2) is 9.97 Å². The summed E-state index contributed by atoms with van der Waals surface area (Å²) < 4.78 is 0. The van der Waals surface area contributed by atoms with Crippen molar-refractivity contribution < 1.29 is 0 Å². The van der Waals surface area contributed by atoms with Gasteiger partial charge in [0.05, 0.1) is 0 Å². The Balaban J connectivity index is 2.17. The van der Waals surface area contributed by atoms with Gasteiger partial charge in [-0.2, -0.15) is 0 Å². The Morgan fingerprint density at radius 1 is 1.18 bits per heavy atom. The summed E-state index contributed by atoms with van der Waals surface area (Å²) in [6.07, 6.45) is 6.35. The molecule has 0 amide bonds. The number of nitrogens with zero attached hydrogens (tertiary/aromatic N) is 2. The topological polar surface area (TPSA) is 25.8 Å². The summed E-state index contributed by atoms with van der Waals surface area (Å²) >= 11 is 0. The molecule has 0 N–H and O–H groups in total. The number of aryl methyl sites for hydroxylation is 3. The van der Waals surface area contributed by atoms with Crippen molar-refractivity contribution in [2.45, 2.75) is 32.6 Å². The first-order chi connectivity index (χ1) is 8.36. The van der Waals surface area contributed by atoms with Crippen LogP contribution in [0.4, 0.5) is 0 Å². The summed E-state index contributed by atoms with van der Waals surface area (Å²) in [6, 6.07) is 8.67. The lowest BCUT2D eigenvalue weighted by Crippen LogP contribution is -1.94. The van der Waals surface area contributed by atoms with Gasteiger partial charge in [0, 0.05) is 17.5 Å². The highest BCUT2D eigenvalue weighted by Gasteiger charge is 2.10. The molecule has 0 unspecified atom stereocenters. The van der Waals surface area contributed by atoms with Crippen LogP contribution in [0.5, 0.6) is 0 Å². The number of hydrogen-bond donors (Lipinski definition) is 0. The Labute approximate surface area is 102 Å². The lowest BCUT2D eigenvalue weighted by Gasteiger charge is -2.08. The molecule has 0 saturated heterocycles. The van der Waals surface area contributed by atoms with E-state index in [0.717, 1.165) is 36.3 Å². The van der Waals surface area contributed by atoms with Gasteiger partial charge in [0.15, 0.2) is 5.82 Å². The minimum absolute atomic E-state index is 0.869. The standard InChI is InChI=1S/C15H16N2/c1-2-11-6-7-13-10-12(11)4-3-5-14-8-9-16-15(13)17-14/h6-10H,2-5H2,1H3. The molecule has 1 aromatic carbocycles. The van der Waals surface area contributed by atoms with Gasteiger partial charge in [0.25, 0.3) is 0 Å². The van der Waals surface area contributed by atoms with Crippen LogP contribution in [-0.2, 0) is 19.3 Å². The third-order valence-electron chi connectivity index (χ3n) is 3.44. The van der Waals surface area contributed by atoms with Crippen LogP contribution < -0.4 is 0 Å². The van der Waals surface area contributed by atoms with E-state index in [4.69, 9.17) is 0 Å². The van der Waals surface area contributed by atoms with E-state index in [9.17, 15) is 0 Å². The highest BCUT2D eigenvalue weighted by Crippen LogP contribution is 2.23. The van der Waals surface area contributed by atoms with E-state index >= 15 is 0 Å². The number of rotatable bonds is 1. The lowest BCUT2D eigenvalue weighted by molar-refractivity contribution is 0.794. The normalized spacial score (nSPS) is 13.7. The van der Waals surface area contributed by atoms with Crippen LogP contribution in [0.3, 0.4) is 0 Å². The van der Waals surface area contributed by atoms with E-state index in [0.29, 0.717) is 0 Å². The van der Waals surface area contributed by atoms with Crippen molar-refractivity contribution in [3.63, 3.8) is 0 Å². The van der Waals surface area contributed by atoms with Gasteiger partial charge in [-0.1, -0.05) is 19.1 Å². The van der Waals surface area contributed by atoms with Crippen LogP contribution >= 0.6 is 0 Å². The van der Waals surface area contributed by atoms with Crippen molar-refractivity contribution in [2.75, 3.05) is 0 Å². The highest BCUT2D eigenvalue weighted by molar-refractivity contribution is 5.57. The molecule has 2 heteroatoms. The Kier molecular flexibility index (Phi) is 2.63. The molecule has 1 aliphatic rings. The molecular weight excluding hydrogens is 208 g/mol. The second kappa shape index (κ2) is 4.28. The molecule has 17 heavy (non-hydrogen) atoms. The zero-order chi connectivity index (χ0) is 11.7. The van der Waals surface area contributed by atoms with E-state index in [1.807, 2.05) is 12.3 Å². The van der Waals surface area contributed by atoms with Crippen LogP contribution in [0.2, 0.25) is 0 Å². The second-order valence-corrected chi connectivity index (χ2v) is 4.56. The van der Waals surface area contributed by atoms with Crippen LogP contribution in [0.15, 0.2) is 30.5 Å². The number of fused-ring (bicyclic) bond motifs is 5. The zero-order valence-corrected chi connectivity index (χ0v) is 10.1. The van der Waals surface area contributed by atoms with Crippen molar-refractivity contribution in [1.82, 2.24) is 9.97 Å². The molecule has 0 atom stereocenters. The van der Waals surface area contributed by atoms with Crippen molar-refractivity contribution in [1.29, 1.82) is 0 Å². The molecule has 0 radical (unpaired) electrons. The number of benzene rings is 1. The molecule has 1 aliphatic heterocycles. The van der Waals surface area contributed by atoms with Crippen LogP contribution in [0.25, 0.3) is 11.4 Å². The summed E-state index contributed by atoms with van der Waals surface area (Å²) in [6.45, 7) is 2.22. The SMILES string of the molecule is CCc1ccc2cc1CCCc1ccnc-2n1. The minimum atomic E-state index is 0.869. The van der Waals surface area contributed by atoms with Gasteiger partial charge < -0.3 is 0 Å². The van der Waals surface area contributed by atoms with Crippen LogP contribution in [0.1, 0.15) is 30.2 Å². The average molecular weight is 224 g/mol. The molecule has 2 heterocycles. The van der Waals surface area contributed by atoms with Gasteiger partial charge in [-0.25, -0.2) is 9.97 Å². The summed E-state index contributed by atoms with van der Waals surface area (Å²) in [5.41, 5.74) is 5.25. The molecule has 0 spiro atoms. The fourth-order valence-electron chi connectivity index (χ4n) is 2.48. The molecule has 0 aliphatic carbocycles. The van der Waals surface area contributed by atoms with Gasteiger partial charge >= 0.3 is 0 Å². The first-order valence-electron chi connectivity index (χ1n) is 6.31. The minimum Gasteiger partial charge on any atom is -0.237 e. The third kappa shape index (κ3) is 1.95. The Morgan fingerprint density at radius 2 is 2.12 bits per heavy atom. The third-order valence-corrected chi connectivity index (χ3v) is 3.44. The smallest absolute Gasteiger partial charge is 0.159 e. The predicted octanol–water partition coefficient (Wildman–Crippen LogP) is 3.19. The largest absolute Gasteiger partial charge is 0.237 e. The maximum Gasteiger partial charge on any atom is 0.159 e. The molecule has 0 saturated carbocycles. The van der Waals surface area contributed by atoms with E-state index < -0.39 is 0 Å². The van der Waals surface area contributed by atoms with E-state index in [2.05, 4.69) is 35.1 Å². The maximum atomic E-state index is 4.61. The summed E-state index contributed by atoms with van der Waals surface area (Å²) in [7, 11) is 0. The van der Waals surface area contributed by atoms with Crippen LogP contribution in [0, 0.1) is 0 Å². The molecule has 86 valence electrons. The summed E-state index contributed by atoms with van der Waals surface area (Å²) in [5.74, 6) is 0.869. The zero-order valence-electron chi connectivity index (χ0n) is 10.1. The van der Waals surface area contributed by atoms with E-state index in [1.165, 1.54) is 17.5 Å². The first-order valence-corrected chi connectivity index (χ1v) is 6.31.